The zero-order valence-electron chi connectivity index (χ0n) is 8.49. The van der Waals surface area contributed by atoms with E-state index in [1.807, 2.05) is 24.3 Å². The molecule has 1 aliphatic heterocycles. The van der Waals surface area contributed by atoms with Gasteiger partial charge in [-0.05, 0) is 17.1 Å². The number of hydrogen-bond acceptors (Lipinski definition) is 2. The van der Waals surface area contributed by atoms with Crippen LogP contribution < -0.4 is 0 Å². The molecule has 2 nitrogen and oxygen atoms in total. The van der Waals surface area contributed by atoms with Gasteiger partial charge in [0.1, 0.15) is 6.10 Å². The predicted octanol–water partition coefficient (Wildman–Crippen LogP) is 2.38. The Bertz CT molecular complexity index is 345. The maximum atomic E-state index is 11.2. The topological polar surface area (TPSA) is 26.3 Å². The highest BCUT2D eigenvalue weighted by Gasteiger charge is 2.28. The molecule has 0 fully saturated rings. The van der Waals surface area contributed by atoms with Gasteiger partial charge in [0.05, 0.1) is 6.42 Å². The monoisotopic (exact) mass is 190 g/mol. The van der Waals surface area contributed by atoms with Gasteiger partial charge in [-0.2, -0.15) is 0 Å². The molecule has 0 N–H and O–H groups in total. The van der Waals surface area contributed by atoms with Gasteiger partial charge in [-0.1, -0.05) is 38.2 Å². The molecule has 0 spiro atoms. The Hall–Kier alpha value is -1.31. The molecule has 0 aromatic heterocycles. The van der Waals surface area contributed by atoms with Crippen LogP contribution in [0.1, 0.15) is 20.3 Å². The highest BCUT2D eigenvalue weighted by atomic mass is 16.5. The van der Waals surface area contributed by atoms with Crippen LogP contribution in [0.15, 0.2) is 35.5 Å². The van der Waals surface area contributed by atoms with Crippen LogP contribution in [0.25, 0.3) is 0 Å². The van der Waals surface area contributed by atoms with E-state index in [1.165, 1.54) is 5.57 Å². The molecule has 1 atom stereocenters. The molecule has 14 heavy (non-hydrogen) atoms. The van der Waals surface area contributed by atoms with E-state index in [0.717, 1.165) is 5.57 Å². The smallest absolute Gasteiger partial charge is 0.310 e. The maximum Gasteiger partial charge on any atom is 0.310 e. The highest BCUT2D eigenvalue weighted by molar-refractivity contribution is 5.74. The van der Waals surface area contributed by atoms with E-state index < -0.39 is 0 Å². The molecule has 2 rings (SSSR count). The lowest BCUT2D eigenvalue weighted by atomic mass is 9.87. The van der Waals surface area contributed by atoms with Crippen molar-refractivity contribution in [2.75, 3.05) is 0 Å². The van der Waals surface area contributed by atoms with Gasteiger partial charge in [0.2, 0.25) is 0 Å². The lowest BCUT2D eigenvalue weighted by Crippen LogP contribution is -2.28. The third kappa shape index (κ3) is 1.52. The molecule has 0 saturated carbocycles. The van der Waals surface area contributed by atoms with Crippen molar-refractivity contribution < 1.29 is 9.53 Å². The van der Waals surface area contributed by atoms with Crippen molar-refractivity contribution in [3.05, 3.63) is 35.5 Å². The van der Waals surface area contributed by atoms with Gasteiger partial charge >= 0.3 is 5.97 Å². The van der Waals surface area contributed by atoms with E-state index >= 15 is 0 Å². The fraction of sp³-hybridized carbons (Fsp3) is 0.417. The molecule has 1 unspecified atom stereocenters. The normalized spacial score (nSPS) is 25.4. The van der Waals surface area contributed by atoms with Crippen molar-refractivity contribution in [3.8, 4) is 0 Å². The summed E-state index contributed by atoms with van der Waals surface area (Å²) < 4.78 is 5.34. The largest absolute Gasteiger partial charge is 0.453 e. The SMILES string of the molecule is CC(C)C1=CC=CC2=CCC(=O)OC21. The first-order valence-corrected chi connectivity index (χ1v) is 4.96. The number of fused-ring (bicyclic) bond motifs is 1. The Labute approximate surface area is 83.9 Å². The average Bonchev–Trinajstić information content (AvgIpc) is 2.16. The highest BCUT2D eigenvalue weighted by Crippen LogP contribution is 2.30. The second-order valence-corrected chi connectivity index (χ2v) is 3.96. The van der Waals surface area contributed by atoms with Gasteiger partial charge in [-0.15, -0.1) is 0 Å². The Balaban J connectivity index is 2.33. The number of esters is 1. The standard InChI is InChI=1S/C12H14O2/c1-8(2)10-5-3-4-9-6-7-11(13)14-12(9)10/h3-6,8,12H,7H2,1-2H3. The predicted molar refractivity (Wildman–Crippen MR) is 54.6 cm³/mol. The molecule has 0 aromatic carbocycles. The zero-order chi connectivity index (χ0) is 10.1. The van der Waals surface area contributed by atoms with Crippen LogP contribution in [0.4, 0.5) is 0 Å². The first-order chi connectivity index (χ1) is 6.68. The van der Waals surface area contributed by atoms with Crippen molar-refractivity contribution in [1.82, 2.24) is 0 Å². The Morgan fingerprint density at radius 3 is 3.00 bits per heavy atom. The quantitative estimate of drug-likeness (QED) is 0.593. The van der Waals surface area contributed by atoms with Crippen LogP contribution in [0, 0.1) is 5.92 Å². The van der Waals surface area contributed by atoms with E-state index in [2.05, 4.69) is 13.8 Å². The van der Waals surface area contributed by atoms with Gasteiger partial charge in [0.15, 0.2) is 0 Å². The molecule has 0 amide bonds. The van der Waals surface area contributed by atoms with E-state index in [4.69, 9.17) is 4.74 Å². The number of rotatable bonds is 1. The van der Waals surface area contributed by atoms with E-state index in [1.54, 1.807) is 0 Å². The molecule has 0 aromatic rings. The number of allylic oxidation sites excluding steroid dienone is 2. The molecule has 1 aliphatic carbocycles. The van der Waals surface area contributed by atoms with Gasteiger partial charge < -0.3 is 4.74 Å². The summed E-state index contributed by atoms with van der Waals surface area (Å²) in [6.45, 7) is 4.23. The molecule has 0 saturated heterocycles. The molecule has 1 heterocycles. The molecule has 0 bridgehead atoms. The second kappa shape index (κ2) is 3.45. The number of carbonyl (C=O) groups is 1. The Morgan fingerprint density at radius 2 is 2.29 bits per heavy atom. The summed E-state index contributed by atoms with van der Waals surface area (Å²) in [6.07, 6.45) is 8.33. The Kier molecular flexibility index (Phi) is 2.28. The average molecular weight is 190 g/mol. The van der Waals surface area contributed by atoms with Crippen LogP contribution in [0.3, 0.4) is 0 Å². The van der Waals surface area contributed by atoms with Gasteiger partial charge in [-0.3, -0.25) is 4.79 Å². The molecular weight excluding hydrogens is 176 g/mol. The second-order valence-electron chi connectivity index (χ2n) is 3.96. The van der Waals surface area contributed by atoms with Crippen molar-refractivity contribution in [2.45, 2.75) is 26.4 Å². The van der Waals surface area contributed by atoms with Crippen LogP contribution in [-0.4, -0.2) is 12.1 Å². The van der Waals surface area contributed by atoms with Crippen molar-refractivity contribution in [3.63, 3.8) is 0 Å². The summed E-state index contributed by atoms with van der Waals surface area (Å²) >= 11 is 0. The van der Waals surface area contributed by atoms with Crippen LogP contribution in [0.5, 0.6) is 0 Å². The Morgan fingerprint density at radius 1 is 1.50 bits per heavy atom. The first kappa shape index (κ1) is 9.25. The van der Waals surface area contributed by atoms with Crippen LogP contribution in [-0.2, 0) is 9.53 Å². The molecular formula is C12H14O2. The molecule has 2 heteroatoms. The maximum absolute atomic E-state index is 11.2. The van der Waals surface area contributed by atoms with Crippen molar-refractivity contribution in [1.29, 1.82) is 0 Å². The third-order valence-corrected chi connectivity index (χ3v) is 2.60. The number of carbonyl (C=O) groups excluding carboxylic acids is 1. The van der Waals surface area contributed by atoms with Gasteiger partial charge in [0.25, 0.3) is 0 Å². The molecule has 2 aliphatic rings. The van der Waals surface area contributed by atoms with E-state index in [9.17, 15) is 4.79 Å². The molecule has 74 valence electrons. The summed E-state index contributed by atoms with van der Waals surface area (Å²) in [5.41, 5.74) is 2.31. The minimum Gasteiger partial charge on any atom is -0.453 e. The minimum absolute atomic E-state index is 0.124. The summed E-state index contributed by atoms with van der Waals surface area (Å²) in [5.74, 6) is 0.292. The fourth-order valence-electron chi connectivity index (χ4n) is 1.82. The zero-order valence-corrected chi connectivity index (χ0v) is 8.49. The third-order valence-electron chi connectivity index (χ3n) is 2.60. The van der Waals surface area contributed by atoms with E-state index in [0.29, 0.717) is 12.3 Å². The fourth-order valence-corrected chi connectivity index (χ4v) is 1.82. The van der Waals surface area contributed by atoms with Crippen LogP contribution in [0.2, 0.25) is 0 Å². The van der Waals surface area contributed by atoms with E-state index in [-0.39, 0.29) is 12.1 Å². The van der Waals surface area contributed by atoms with Crippen LogP contribution >= 0.6 is 0 Å². The summed E-state index contributed by atoms with van der Waals surface area (Å²) in [7, 11) is 0. The van der Waals surface area contributed by atoms with Gasteiger partial charge in [-0.25, -0.2) is 0 Å². The summed E-state index contributed by atoms with van der Waals surface area (Å²) in [6, 6.07) is 0. The molecule has 0 radical (unpaired) electrons. The van der Waals surface area contributed by atoms with Gasteiger partial charge in [0, 0.05) is 0 Å². The lowest BCUT2D eigenvalue weighted by molar-refractivity contribution is -0.146. The summed E-state index contributed by atoms with van der Waals surface area (Å²) in [4.78, 5) is 11.2. The number of hydrogen-bond donors (Lipinski definition) is 0. The first-order valence-electron chi connectivity index (χ1n) is 4.96. The summed E-state index contributed by atoms with van der Waals surface area (Å²) in [5, 5.41) is 0. The van der Waals surface area contributed by atoms with Crippen molar-refractivity contribution >= 4 is 5.97 Å². The lowest BCUT2D eigenvalue weighted by Gasteiger charge is -2.29. The number of ether oxygens (including phenoxy) is 1. The minimum atomic E-state index is -0.124. The van der Waals surface area contributed by atoms with Crippen molar-refractivity contribution in [2.24, 2.45) is 5.92 Å².